The van der Waals surface area contributed by atoms with Crippen LogP contribution in [0.3, 0.4) is 0 Å². The molecule has 0 amide bonds. The normalized spacial score (nSPS) is 14.1. The maximum atomic E-state index is 13.6. The van der Waals surface area contributed by atoms with Crippen LogP contribution in [0.15, 0.2) is 109 Å². The van der Waals surface area contributed by atoms with E-state index in [1.54, 1.807) is 25.3 Å². The number of carbonyl (C=O) groups excluding carboxylic acids is 1. The van der Waals surface area contributed by atoms with Crippen molar-refractivity contribution >= 4 is 5.97 Å². The molecule has 42 heavy (non-hydrogen) atoms. The molecule has 7 heteroatoms. The van der Waals surface area contributed by atoms with Gasteiger partial charge in [-0.15, -0.1) is 0 Å². The Morgan fingerprint density at radius 2 is 1.60 bits per heavy atom. The highest BCUT2D eigenvalue weighted by Crippen LogP contribution is 2.45. The molecule has 4 aromatic carbocycles. The number of nitrogens with zero attached hydrogens (tertiary/aromatic N) is 1. The number of benzene rings is 4. The Hall–Kier alpha value is -5.22. The highest BCUT2D eigenvalue weighted by Gasteiger charge is 2.32. The molecule has 0 spiro atoms. The molecule has 0 aromatic heterocycles. The van der Waals surface area contributed by atoms with Crippen LogP contribution in [-0.2, 0) is 4.79 Å². The molecular formula is C35H32N2O5. The molecule has 1 atom stereocenters. The lowest BCUT2D eigenvalue weighted by Crippen LogP contribution is -2.22. The fraction of sp³-hybridized carbons (Fsp3) is 0.200. The van der Waals surface area contributed by atoms with Crippen LogP contribution in [0.2, 0.25) is 0 Å². The van der Waals surface area contributed by atoms with Crippen LogP contribution in [0.4, 0.5) is 0 Å². The van der Waals surface area contributed by atoms with E-state index in [1.165, 1.54) is 0 Å². The summed E-state index contributed by atoms with van der Waals surface area (Å²) in [4.78, 5) is 13.6. The molecule has 0 fully saturated rings. The number of rotatable bonds is 9. The van der Waals surface area contributed by atoms with Crippen LogP contribution in [0.1, 0.15) is 47.9 Å². The summed E-state index contributed by atoms with van der Waals surface area (Å²) < 4.78 is 23.3. The van der Waals surface area contributed by atoms with E-state index in [2.05, 4.69) is 19.9 Å². The summed E-state index contributed by atoms with van der Waals surface area (Å²) in [5.74, 6) is 0.653. The third kappa shape index (κ3) is 5.93. The Kier molecular flexibility index (Phi) is 8.44. The van der Waals surface area contributed by atoms with Gasteiger partial charge in [-0.1, -0.05) is 86.6 Å². The van der Waals surface area contributed by atoms with Crippen molar-refractivity contribution in [1.82, 2.24) is 0 Å². The lowest BCUT2D eigenvalue weighted by Gasteiger charge is -2.27. The lowest BCUT2D eigenvalue weighted by molar-refractivity contribution is -0.135. The van der Waals surface area contributed by atoms with Crippen LogP contribution in [0, 0.1) is 17.2 Å². The zero-order valence-electron chi connectivity index (χ0n) is 23.7. The summed E-state index contributed by atoms with van der Waals surface area (Å²) in [6.45, 7) is 4.69. The van der Waals surface area contributed by atoms with E-state index in [1.807, 2.05) is 78.9 Å². The fourth-order valence-corrected chi connectivity index (χ4v) is 5.01. The van der Waals surface area contributed by atoms with E-state index in [0.29, 0.717) is 41.1 Å². The molecule has 212 valence electrons. The number of nitriles is 1. The van der Waals surface area contributed by atoms with Gasteiger partial charge in [0.05, 0.1) is 19.6 Å². The predicted octanol–water partition coefficient (Wildman–Crippen LogP) is 6.69. The highest BCUT2D eigenvalue weighted by atomic mass is 16.5. The molecule has 1 heterocycles. The molecule has 5 rings (SSSR count). The molecule has 0 bridgehead atoms. The lowest BCUT2D eigenvalue weighted by atomic mass is 9.83. The zero-order chi connectivity index (χ0) is 29.6. The zero-order valence-corrected chi connectivity index (χ0v) is 23.7. The summed E-state index contributed by atoms with van der Waals surface area (Å²) >= 11 is 0. The van der Waals surface area contributed by atoms with Crippen molar-refractivity contribution in [2.24, 2.45) is 11.7 Å². The smallest absolute Gasteiger partial charge is 0.323 e. The quantitative estimate of drug-likeness (QED) is 0.180. The van der Waals surface area contributed by atoms with Crippen molar-refractivity contribution in [3.05, 3.63) is 131 Å². The topological polar surface area (TPSA) is 104 Å². The monoisotopic (exact) mass is 560 g/mol. The molecule has 0 saturated heterocycles. The first-order valence-electron chi connectivity index (χ1n) is 13.7. The molecular weight excluding hydrogens is 528 g/mol. The summed E-state index contributed by atoms with van der Waals surface area (Å²) in [7, 11) is 1.58. The maximum absolute atomic E-state index is 13.6. The van der Waals surface area contributed by atoms with Crippen molar-refractivity contribution in [2.75, 3.05) is 13.7 Å². The number of carbonyl (C=O) groups is 1. The number of allylic oxidation sites excluding steroid dienone is 1. The Morgan fingerprint density at radius 3 is 2.19 bits per heavy atom. The summed E-state index contributed by atoms with van der Waals surface area (Å²) in [5.41, 5.74) is 9.65. The number of fused-ring (bicyclic) bond motifs is 1. The van der Waals surface area contributed by atoms with Gasteiger partial charge in [0.1, 0.15) is 29.1 Å². The fourth-order valence-electron chi connectivity index (χ4n) is 5.01. The van der Waals surface area contributed by atoms with Gasteiger partial charge in [-0.2, -0.15) is 5.26 Å². The summed E-state index contributed by atoms with van der Waals surface area (Å²) in [6, 6.07) is 31.9. The van der Waals surface area contributed by atoms with E-state index in [-0.39, 0.29) is 11.5 Å². The van der Waals surface area contributed by atoms with Crippen LogP contribution < -0.4 is 24.7 Å². The van der Waals surface area contributed by atoms with Gasteiger partial charge in [0, 0.05) is 11.6 Å². The molecule has 1 unspecified atom stereocenters. The van der Waals surface area contributed by atoms with Gasteiger partial charge in [-0.25, -0.2) is 0 Å². The minimum absolute atomic E-state index is 0.0102. The van der Waals surface area contributed by atoms with E-state index >= 15 is 0 Å². The average molecular weight is 561 g/mol. The van der Waals surface area contributed by atoms with Gasteiger partial charge in [0.25, 0.3) is 0 Å². The third-order valence-corrected chi connectivity index (χ3v) is 7.00. The molecule has 2 N–H and O–H groups in total. The van der Waals surface area contributed by atoms with Crippen molar-refractivity contribution < 1.29 is 23.7 Å². The molecule has 0 radical (unpaired) electrons. The number of nitrogens with two attached hydrogens (primary N) is 1. The second-order valence-electron chi connectivity index (χ2n) is 10.4. The first kappa shape index (κ1) is 28.3. The number of ether oxygens (including phenoxy) is 4. The van der Waals surface area contributed by atoms with Crippen LogP contribution in [-0.4, -0.2) is 19.7 Å². The molecule has 1 aliphatic heterocycles. The van der Waals surface area contributed by atoms with Gasteiger partial charge in [-0.3, -0.25) is 4.79 Å². The maximum Gasteiger partial charge on any atom is 0.323 e. The average Bonchev–Trinajstić information content (AvgIpc) is 3.00. The number of hydrogen-bond donors (Lipinski definition) is 1. The minimum atomic E-state index is -0.615. The molecule has 0 saturated carbocycles. The molecule has 4 aromatic rings. The minimum Gasteiger partial charge on any atom is -0.493 e. The van der Waals surface area contributed by atoms with Crippen LogP contribution in [0.5, 0.6) is 23.0 Å². The van der Waals surface area contributed by atoms with Gasteiger partial charge in [-0.05, 0) is 40.8 Å². The van der Waals surface area contributed by atoms with Crippen molar-refractivity contribution in [3.63, 3.8) is 0 Å². The summed E-state index contributed by atoms with van der Waals surface area (Å²) in [5, 5.41) is 10.0. The molecule has 1 aliphatic rings. The number of hydrogen-bond acceptors (Lipinski definition) is 7. The Bertz CT molecular complexity index is 1600. The van der Waals surface area contributed by atoms with E-state index in [0.717, 1.165) is 16.7 Å². The third-order valence-electron chi connectivity index (χ3n) is 7.00. The van der Waals surface area contributed by atoms with E-state index < -0.39 is 17.8 Å². The second kappa shape index (κ2) is 12.5. The molecule has 7 nitrogen and oxygen atoms in total. The standard InChI is InChI=1S/C35H32N2O5/c1-22(2)21-40-29-17-14-25(18-31(29)39-3)33-27-16-15-26(19-30(27)42-34(37)28(33)20-36)41-35(38)32(23-10-6-4-7-11-23)24-12-8-5-9-13-24/h4-19,22,32-33H,21,37H2,1-3H3. The van der Waals surface area contributed by atoms with Gasteiger partial charge in [0.2, 0.25) is 5.88 Å². The largest absolute Gasteiger partial charge is 0.493 e. The van der Waals surface area contributed by atoms with Gasteiger partial charge >= 0.3 is 5.97 Å². The SMILES string of the molecule is COc1cc(C2C(C#N)=C(N)Oc3cc(OC(=O)C(c4ccccc4)c4ccccc4)ccc32)ccc1OCC(C)C. The Labute approximate surface area is 245 Å². The van der Waals surface area contributed by atoms with Crippen molar-refractivity contribution in [1.29, 1.82) is 5.26 Å². The van der Waals surface area contributed by atoms with E-state index in [4.69, 9.17) is 24.7 Å². The number of esters is 1. The Balaban J connectivity index is 1.47. The van der Waals surface area contributed by atoms with Crippen LogP contribution in [0.25, 0.3) is 0 Å². The first-order valence-corrected chi connectivity index (χ1v) is 13.7. The first-order chi connectivity index (χ1) is 20.4. The summed E-state index contributed by atoms with van der Waals surface area (Å²) in [6.07, 6.45) is 0. The van der Waals surface area contributed by atoms with Crippen molar-refractivity contribution in [3.8, 4) is 29.1 Å². The van der Waals surface area contributed by atoms with Crippen molar-refractivity contribution in [2.45, 2.75) is 25.7 Å². The van der Waals surface area contributed by atoms with Crippen LogP contribution >= 0.6 is 0 Å². The second-order valence-corrected chi connectivity index (χ2v) is 10.4. The Morgan fingerprint density at radius 1 is 0.929 bits per heavy atom. The van der Waals surface area contributed by atoms with E-state index in [9.17, 15) is 10.1 Å². The van der Waals surface area contributed by atoms with Gasteiger partial charge in [0.15, 0.2) is 11.5 Å². The van der Waals surface area contributed by atoms with Gasteiger partial charge < -0.3 is 24.7 Å². The highest BCUT2D eigenvalue weighted by molar-refractivity contribution is 5.84. The predicted molar refractivity (Wildman–Crippen MR) is 159 cm³/mol. The molecule has 0 aliphatic carbocycles. The number of methoxy groups -OCH3 is 1.